The third-order valence-electron chi connectivity index (χ3n) is 4.25. The molecule has 1 N–H and O–H groups in total. The zero-order valence-electron chi connectivity index (χ0n) is 15.4. The quantitative estimate of drug-likeness (QED) is 0.536. The van der Waals surface area contributed by atoms with Crippen molar-refractivity contribution in [2.24, 2.45) is 0 Å². The van der Waals surface area contributed by atoms with Gasteiger partial charge < -0.3 is 9.84 Å². The van der Waals surface area contributed by atoms with Crippen LogP contribution in [0.5, 0.6) is 0 Å². The van der Waals surface area contributed by atoms with E-state index in [4.69, 9.17) is 4.52 Å². The maximum atomic E-state index is 12.3. The molecule has 28 heavy (non-hydrogen) atoms. The molecule has 0 aliphatic heterocycles. The molecular formula is C21H18N4O2S. The molecule has 0 aliphatic rings. The molecule has 140 valence electrons. The van der Waals surface area contributed by atoms with Gasteiger partial charge >= 0.3 is 0 Å². The Bertz CT molecular complexity index is 1090. The van der Waals surface area contributed by atoms with Gasteiger partial charge in [0.1, 0.15) is 6.04 Å². The number of hydrogen-bond donors (Lipinski definition) is 1. The minimum atomic E-state index is -0.397. The van der Waals surface area contributed by atoms with Gasteiger partial charge in [-0.05, 0) is 26.0 Å². The highest BCUT2D eigenvalue weighted by Crippen LogP contribution is 2.25. The standard InChI is InChI=1S/C21H18N4O2S/c1-13(22-20(26)17-6-4-3-5-7-17)21-24-19(25-27-21)16-10-8-15(9-11-16)18-12-28-14(2)23-18/h3-13H,1-2H3,(H,22,26)/t13-/m1/s1. The normalized spacial score (nSPS) is 11.9. The van der Waals surface area contributed by atoms with Gasteiger partial charge in [0.2, 0.25) is 11.7 Å². The van der Waals surface area contributed by atoms with Crippen molar-refractivity contribution in [3.8, 4) is 22.6 Å². The van der Waals surface area contributed by atoms with Gasteiger partial charge in [0.15, 0.2) is 0 Å². The molecule has 6 nitrogen and oxygen atoms in total. The van der Waals surface area contributed by atoms with Crippen molar-refractivity contribution in [2.45, 2.75) is 19.9 Å². The highest BCUT2D eigenvalue weighted by molar-refractivity contribution is 7.09. The van der Waals surface area contributed by atoms with Crippen molar-refractivity contribution in [2.75, 3.05) is 0 Å². The summed E-state index contributed by atoms with van der Waals surface area (Å²) in [5.41, 5.74) is 3.43. The third-order valence-corrected chi connectivity index (χ3v) is 5.03. The van der Waals surface area contributed by atoms with E-state index in [1.165, 1.54) is 0 Å². The Kier molecular flexibility index (Phi) is 4.99. The summed E-state index contributed by atoms with van der Waals surface area (Å²) in [7, 11) is 0. The Morgan fingerprint density at radius 1 is 1.04 bits per heavy atom. The van der Waals surface area contributed by atoms with Gasteiger partial charge in [0.05, 0.1) is 10.7 Å². The van der Waals surface area contributed by atoms with Gasteiger partial charge in [0.25, 0.3) is 5.91 Å². The number of nitrogens with zero attached hydrogens (tertiary/aromatic N) is 3. The molecule has 0 radical (unpaired) electrons. The summed E-state index contributed by atoms with van der Waals surface area (Å²) in [6.45, 7) is 3.80. The van der Waals surface area contributed by atoms with E-state index in [1.807, 2.05) is 61.7 Å². The van der Waals surface area contributed by atoms with E-state index in [-0.39, 0.29) is 5.91 Å². The van der Waals surface area contributed by atoms with E-state index in [9.17, 15) is 4.79 Å². The molecule has 4 rings (SSSR count). The van der Waals surface area contributed by atoms with E-state index >= 15 is 0 Å². The molecule has 2 aromatic heterocycles. The Hall–Kier alpha value is -3.32. The molecule has 0 spiro atoms. The fraction of sp³-hybridized carbons (Fsp3) is 0.143. The second-order valence-electron chi connectivity index (χ2n) is 6.35. The lowest BCUT2D eigenvalue weighted by molar-refractivity contribution is 0.0932. The van der Waals surface area contributed by atoms with E-state index in [1.54, 1.807) is 23.5 Å². The molecule has 1 amide bonds. The molecule has 0 saturated heterocycles. The lowest BCUT2D eigenvalue weighted by atomic mass is 10.1. The number of thiazole rings is 1. The predicted molar refractivity (Wildman–Crippen MR) is 108 cm³/mol. The van der Waals surface area contributed by atoms with E-state index in [2.05, 4.69) is 20.4 Å². The van der Waals surface area contributed by atoms with Crippen molar-refractivity contribution >= 4 is 17.2 Å². The Balaban J connectivity index is 1.47. The summed E-state index contributed by atoms with van der Waals surface area (Å²) < 4.78 is 5.35. The molecule has 1 atom stereocenters. The Morgan fingerprint density at radius 2 is 1.75 bits per heavy atom. The van der Waals surface area contributed by atoms with Crippen LogP contribution in [0.1, 0.15) is 34.2 Å². The minimum Gasteiger partial charge on any atom is -0.341 e. The van der Waals surface area contributed by atoms with Crippen molar-refractivity contribution in [1.29, 1.82) is 0 Å². The van der Waals surface area contributed by atoms with Crippen LogP contribution >= 0.6 is 11.3 Å². The Morgan fingerprint density at radius 3 is 2.43 bits per heavy atom. The van der Waals surface area contributed by atoms with Crippen LogP contribution in [-0.4, -0.2) is 21.0 Å². The van der Waals surface area contributed by atoms with Crippen molar-refractivity contribution < 1.29 is 9.32 Å². The van der Waals surface area contributed by atoms with Gasteiger partial charge in [0, 0.05) is 22.1 Å². The summed E-state index contributed by atoms with van der Waals surface area (Å²) >= 11 is 1.62. The van der Waals surface area contributed by atoms with Crippen LogP contribution < -0.4 is 5.32 Å². The molecular weight excluding hydrogens is 372 g/mol. The van der Waals surface area contributed by atoms with E-state index in [0.717, 1.165) is 21.8 Å². The number of amides is 1. The SMILES string of the molecule is Cc1nc(-c2ccc(-c3noc([C@@H](C)NC(=O)c4ccccc4)n3)cc2)cs1. The number of nitrogens with one attached hydrogen (secondary N) is 1. The number of carbonyl (C=O) groups is 1. The van der Waals surface area contributed by atoms with Crippen LogP contribution in [0.15, 0.2) is 64.5 Å². The van der Waals surface area contributed by atoms with Crippen molar-refractivity contribution in [3.63, 3.8) is 0 Å². The number of carbonyl (C=O) groups excluding carboxylic acids is 1. The molecule has 0 fully saturated rings. The molecule has 2 aromatic carbocycles. The number of benzene rings is 2. The average molecular weight is 390 g/mol. The van der Waals surface area contributed by atoms with Crippen molar-refractivity contribution in [3.05, 3.63) is 76.4 Å². The van der Waals surface area contributed by atoms with Crippen LogP contribution in [0.3, 0.4) is 0 Å². The molecule has 0 bridgehead atoms. The van der Waals surface area contributed by atoms with Gasteiger partial charge in [-0.15, -0.1) is 11.3 Å². The van der Waals surface area contributed by atoms with Crippen molar-refractivity contribution in [1.82, 2.24) is 20.4 Å². The van der Waals surface area contributed by atoms with Crippen LogP contribution in [0.2, 0.25) is 0 Å². The zero-order chi connectivity index (χ0) is 19.5. The van der Waals surface area contributed by atoms with Gasteiger partial charge in [-0.2, -0.15) is 4.98 Å². The first kappa shape index (κ1) is 18.1. The largest absolute Gasteiger partial charge is 0.341 e. The summed E-state index contributed by atoms with van der Waals surface area (Å²) in [5.74, 6) is 0.658. The van der Waals surface area contributed by atoms with Crippen LogP contribution in [0.25, 0.3) is 22.6 Å². The predicted octanol–water partition coefficient (Wildman–Crippen LogP) is 4.66. The minimum absolute atomic E-state index is 0.184. The lowest BCUT2D eigenvalue weighted by Crippen LogP contribution is -2.26. The maximum Gasteiger partial charge on any atom is 0.251 e. The number of hydrogen-bond acceptors (Lipinski definition) is 6. The number of rotatable bonds is 5. The second kappa shape index (κ2) is 7.74. The fourth-order valence-corrected chi connectivity index (χ4v) is 3.37. The zero-order valence-corrected chi connectivity index (χ0v) is 16.2. The topological polar surface area (TPSA) is 80.9 Å². The van der Waals surface area contributed by atoms with Gasteiger partial charge in [-0.3, -0.25) is 4.79 Å². The van der Waals surface area contributed by atoms with Crippen LogP contribution in [0.4, 0.5) is 0 Å². The smallest absolute Gasteiger partial charge is 0.251 e. The van der Waals surface area contributed by atoms with Crippen LogP contribution in [0, 0.1) is 6.92 Å². The second-order valence-corrected chi connectivity index (χ2v) is 7.41. The van der Waals surface area contributed by atoms with Crippen LogP contribution in [-0.2, 0) is 0 Å². The summed E-state index contributed by atoms with van der Waals surface area (Å²) in [5, 5.41) is 9.98. The molecule has 0 unspecified atom stereocenters. The van der Waals surface area contributed by atoms with Gasteiger partial charge in [-0.25, -0.2) is 4.98 Å². The van der Waals surface area contributed by atoms with E-state index in [0.29, 0.717) is 17.3 Å². The lowest BCUT2D eigenvalue weighted by Gasteiger charge is -2.09. The monoisotopic (exact) mass is 390 g/mol. The highest BCUT2D eigenvalue weighted by Gasteiger charge is 2.18. The number of aryl methyl sites for hydroxylation is 1. The highest BCUT2D eigenvalue weighted by atomic mass is 32.1. The first-order chi connectivity index (χ1) is 13.6. The molecule has 0 aliphatic carbocycles. The molecule has 7 heteroatoms. The fourth-order valence-electron chi connectivity index (χ4n) is 2.75. The first-order valence-corrected chi connectivity index (χ1v) is 9.70. The third kappa shape index (κ3) is 3.84. The number of aromatic nitrogens is 3. The van der Waals surface area contributed by atoms with Gasteiger partial charge in [-0.1, -0.05) is 47.6 Å². The summed E-state index contributed by atoms with van der Waals surface area (Å²) in [4.78, 5) is 21.2. The first-order valence-electron chi connectivity index (χ1n) is 8.82. The molecule has 0 saturated carbocycles. The maximum absolute atomic E-state index is 12.3. The average Bonchev–Trinajstić information content (AvgIpc) is 3.38. The Labute approximate surface area is 166 Å². The van der Waals surface area contributed by atoms with E-state index < -0.39 is 6.04 Å². The summed E-state index contributed by atoms with van der Waals surface area (Å²) in [6, 6.07) is 16.5. The summed E-state index contributed by atoms with van der Waals surface area (Å²) in [6.07, 6.45) is 0. The molecule has 4 aromatic rings. The molecule has 2 heterocycles.